The summed E-state index contributed by atoms with van der Waals surface area (Å²) in [7, 11) is 1.41. The topological polar surface area (TPSA) is 43.4 Å². The quantitative estimate of drug-likeness (QED) is 0.151. The van der Waals surface area contributed by atoms with Crippen LogP contribution in [-0.4, -0.2) is 18.7 Å². The van der Waals surface area contributed by atoms with E-state index in [0.29, 0.717) is 11.1 Å². The highest BCUT2D eigenvalue weighted by molar-refractivity contribution is 6.35. The van der Waals surface area contributed by atoms with Crippen molar-refractivity contribution in [3.05, 3.63) is 114 Å². The predicted octanol–water partition coefficient (Wildman–Crippen LogP) is 7.52. The smallest absolute Gasteiger partial charge is 0.228 e. The lowest BCUT2D eigenvalue weighted by atomic mass is 9.91. The molecule has 0 bridgehead atoms. The Bertz CT molecular complexity index is 2010. The molecule has 0 fully saturated rings. The maximum Gasteiger partial charge on any atom is 0.228 e. The van der Waals surface area contributed by atoms with E-state index in [1.54, 1.807) is 0 Å². The minimum Gasteiger partial charge on any atom is -0.492 e. The molecule has 0 aliphatic heterocycles. The molecule has 0 saturated carbocycles. The number of Topliss-reactive ketones (excluding diaryl/α,β-unsaturated/α-hetero) is 1. The van der Waals surface area contributed by atoms with Gasteiger partial charge in [-0.2, -0.15) is 0 Å². The van der Waals surface area contributed by atoms with Crippen LogP contribution in [0, 0.1) is 0 Å². The Hall–Kier alpha value is -4.76. The molecule has 1 aliphatic rings. The minimum atomic E-state index is -0.276. The molecule has 36 heavy (non-hydrogen) atoms. The molecule has 0 aromatic heterocycles. The van der Waals surface area contributed by atoms with E-state index >= 15 is 0 Å². The SMILES string of the molecule is COC1=CC(=O)C=C(c2ccc3cc4ccc5cc6cc7ccccc7cc6cc5c4cc3c2)C1=O. The van der Waals surface area contributed by atoms with Gasteiger partial charge >= 0.3 is 0 Å². The summed E-state index contributed by atoms with van der Waals surface area (Å²) in [5.74, 6) is -0.451. The summed E-state index contributed by atoms with van der Waals surface area (Å²) in [5, 5.41) is 11.7. The van der Waals surface area contributed by atoms with Crippen molar-refractivity contribution in [1.82, 2.24) is 0 Å². The van der Waals surface area contributed by atoms with Gasteiger partial charge in [0.25, 0.3) is 0 Å². The van der Waals surface area contributed by atoms with E-state index in [1.807, 2.05) is 18.2 Å². The number of carbonyl (C=O) groups is 2. The Kier molecular flexibility index (Phi) is 4.36. The van der Waals surface area contributed by atoms with Gasteiger partial charge in [-0.3, -0.25) is 9.59 Å². The highest BCUT2D eigenvalue weighted by atomic mass is 16.5. The summed E-state index contributed by atoms with van der Waals surface area (Å²) in [5.41, 5.74) is 1.07. The van der Waals surface area contributed by atoms with Gasteiger partial charge in [-0.25, -0.2) is 0 Å². The molecular weight excluding hydrogens is 444 g/mol. The average molecular weight is 465 g/mol. The van der Waals surface area contributed by atoms with Crippen LogP contribution in [0.2, 0.25) is 0 Å². The van der Waals surface area contributed by atoms with Crippen LogP contribution < -0.4 is 0 Å². The maximum absolute atomic E-state index is 12.8. The summed E-state index contributed by atoms with van der Waals surface area (Å²) >= 11 is 0. The fourth-order valence-corrected chi connectivity index (χ4v) is 5.36. The van der Waals surface area contributed by atoms with Crippen LogP contribution in [0.5, 0.6) is 0 Å². The van der Waals surface area contributed by atoms with Crippen LogP contribution in [0.4, 0.5) is 0 Å². The number of fused-ring (bicyclic) bond motifs is 6. The summed E-state index contributed by atoms with van der Waals surface area (Å²) in [6, 6.07) is 32.1. The number of methoxy groups -OCH3 is 1. The summed E-state index contributed by atoms with van der Waals surface area (Å²) in [4.78, 5) is 25.0. The summed E-state index contributed by atoms with van der Waals surface area (Å²) in [6.45, 7) is 0. The normalized spacial score (nSPS) is 14.1. The number of hydrogen-bond donors (Lipinski definition) is 0. The first-order valence-corrected chi connectivity index (χ1v) is 11.9. The molecule has 0 radical (unpaired) electrons. The van der Waals surface area contributed by atoms with Gasteiger partial charge in [-0.15, -0.1) is 0 Å². The third-order valence-corrected chi connectivity index (χ3v) is 7.17. The number of ketones is 2. The second-order valence-electron chi connectivity index (χ2n) is 9.32. The van der Waals surface area contributed by atoms with Crippen molar-refractivity contribution in [2.24, 2.45) is 0 Å². The largest absolute Gasteiger partial charge is 0.492 e. The molecule has 0 amide bonds. The number of benzene rings is 6. The molecule has 0 spiro atoms. The number of carbonyl (C=O) groups excluding carboxylic acids is 2. The zero-order chi connectivity index (χ0) is 24.4. The van der Waals surface area contributed by atoms with Crippen LogP contribution >= 0.6 is 0 Å². The summed E-state index contributed by atoms with van der Waals surface area (Å²) in [6.07, 6.45) is 2.62. The third kappa shape index (κ3) is 3.14. The first kappa shape index (κ1) is 20.6. The fraction of sp³-hybridized carbons (Fsp3) is 0.0303. The van der Waals surface area contributed by atoms with E-state index in [9.17, 15) is 9.59 Å². The van der Waals surface area contributed by atoms with Crippen molar-refractivity contribution >= 4 is 71.0 Å². The molecule has 0 unspecified atom stereocenters. The van der Waals surface area contributed by atoms with E-state index in [2.05, 4.69) is 72.8 Å². The van der Waals surface area contributed by atoms with Crippen molar-refractivity contribution in [3.63, 3.8) is 0 Å². The molecule has 1 aliphatic carbocycles. The van der Waals surface area contributed by atoms with Crippen LogP contribution in [0.25, 0.3) is 59.4 Å². The summed E-state index contributed by atoms with van der Waals surface area (Å²) < 4.78 is 5.13. The fourth-order valence-electron chi connectivity index (χ4n) is 5.36. The Balaban J connectivity index is 1.45. The second-order valence-corrected chi connectivity index (χ2v) is 9.32. The lowest BCUT2D eigenvalue weighted by Crippen LogP contribution is -2.14. The van der Waals surface area contributed by atoms with Gasteiger partial charge in [0, 0.05) is 11.6 Å². The molecule has 6 aromatic rings. The molecule has 0 N–H and O–H groups in total. The molecule has 6 aromatic carbocycles. The lowest BCUT2D eigenvalue weighted by molar-refractivity contribution is -0.116. The molecule has 3 nitrogen and oxygen atoms in total. The van der Waals surface area contributed by atoms with E-state index < -0.39 is 0 Å². The monoisotopic (exact) mass is 464 g/mol. The van der Waals surface area contributed by atoms with Gasteiger partial charge < -0.3 is 4.74 Å². The van der Waals surface area contributed by atoms with Crippen molar-refractivity contribution in [2.75, 3.05) is 7.11 Å². The van der Waals surface area contributed by atoms with Crippen LogP contribution in [0.15, 0.2) is 109 Å². The standard InChI is InChI=1S/C33H20O3/c1-36-32-18-28(34)17-31(33(32)35)24-7-6-21-10-22-8-9-23-13-25-11-19-4-2-3-5-20(19)12-27(25)16-30(23)29(22)15-26(21)14-24/h2-18H,1H3. The van der Waals surface area contributed by atoms with Crippen molar-refractivity contribution in [1.29, 1.82) is 0 Å². The molecule has 3 heteroatoms. The molecular formula is C33H20O3. The average Bonchev–Trinajstić information content (AvgIpc) is 2.90. The van der Waals surface area contributed by atoms with E-state index in [1.165, 1.54) is 51.6 Å². The molecule has 7 rings (SSSR count). The first-order chi connectivity index (χ1) is 17.6. The van der Waals surface area contributed by atoms with E-state index in [0.717, 1.165) is 21.5 Å². The Morgan fingerprint density at radius 2 is 1.06 bits per heavy atom. The highest BCUT2D eigenvalue weighted by Gasteiger charge is 2.24. The van der Waals surface area contributed by atoms with E-state index in [-0.39, 0.29) is 17.3 Å². The number of hydrogen-bond acceptors (Lipinski definition) is 3. The predicted molar refractivity (Wildman–Crippen MR) is 147 cm³/mol. The van der Waals surface area contributed by atoms with Crippen LogP contribution in [0.3, 0.4) is 0 Å². The molecule has 0 atom stereocenters. The van der Waals surface area contributed by atoms with Gasteiger partial charge in [-0.1, -0.05) is 48.5 Å². The van der Waals surface area contributed by atoms with Crippen molar-refractivity contribution < 1.29 is 14.3 Å². The molecule has 0 heterocycles. The Labute approximate surface area is 206 Å². The highest BCUT2D eigenvalue weighted by Crippen LogP contribution is 2.35. The van der Waals surface area contributed by atoms with Gasteiger partial charge in [0.2, 0.25) is 5.78 Å². The van der Waals surface area contributed by atoms with Crippen LogP contribution in [-0.2, 0) is 14.3 Å². The number of allylic oxidation sites excluding steroid dienone is 3. The zero-order valence-corrected chi connectivity index (χ0v) is 19.5. The zero-order valence-electron chi connectivity index (χ0n) is 19.5. The molecule has 0 saturated heterocycles. The van der Waals surface area contributed by atoms with Gasteiger partial charge in [0.1, 0.15) is 0 Å². The maximum atomic E-state index is 12.8. The number of rotatable bonds is 2. The Morgan fingerprint density at radius 3 is 1.72 bits per heavy atom. The third-order valence-electron chi connectivity index (χ3n) is 7.17. The number of ether oxygens (including phenoxy) is 1. The van der Waals surface area contributed by atoms with Crippen LogP contribution in [0.1, 0.15) is 5.56 Å². The van der Waals surface area contributed by atoms with Crippen molar-refractivity contribution in [2.45, 2.75) is 0 Å². The van der Waals surface area contributed by atoms with Gasteiger partial charge in [0.05, 0.1) is 7.11 Å². The second kappa shape index (κ2) is 7.62. The lowest BCUT2D eigenvalue weighted by Gasteiger charge is -2.14. The van der Waals surface area contributed by atoms with Gasteiger partial charge in [-0.05, 0) is 108 Å². The molecule has 170 valence electrons. The van der Waals surface area contributed by atoms with E-state index in [4.69, 9.17) is 4.74 Å². The first-order valence-electron chi connectivity index (χ1n) is 11.9. The van der Waals surface area contributed by atoms with Crippen molar-refractivity contribution in [3.8, 4) is 0 Å². The minimum absolute atomic E-state index is 0.0708. The Morgan fingerprint density at radius 1 is 0.528 bits per heavy atom. The van der Waals surface area contributed by atoms with Gasteiger partial charge in [0.15, 0.2) is 11.5 Å².